The second-order valence-electron chi connectivity index (χ2n) is 7.25. The number of carbonyl (C=O) groups excluding carboxylic acids is 1. The third-order valence-corrected chi connectivity index (χ3v) is 4.97. The van der Waals surface area contributed by atoms with E-state index in [1.54, 1.807) is 6.92 Å². The van der Waals surface area contributed by atoms with Crippen molar-refractivity contribution >= 4 is 5.91 Å². The van der Waals surface area contributed by atoms with Crippen LogP contribution in [0, 0.1) is 6.92 Å². The Kier molecular flexibility index (Phi) is 6.71. The Morgan fingerprint density at radius 1 is 1.38 bits per heavy atom. The quantitative estimate of drug-likeness (QED) is 0.771. The molecule has 1 amide bonds. The van der Waals surface area contributed by atoms with E-state index in [1.807, 2.05) is 6.92 Å². The largest absolute Gasteiger partial charge is 0.435 e. The van der Waals surface area contributed by atoms with Crippen LogP contribution in [0.3, 0.4) is 0 Å². The molecule has 1 aromatic heterocycles. The van der Waals surface area contributed by atoms with Crippen LogP contribution in [-0.2, 0) is 6.18 Å². The Morgan fingerprint density at radius 3 is 2.65 bits per heavy atom. The van der Waals surface area contributed by atoms with Crippen molar-refractivity contribution in [3.05, 3.63) is 17.0 Å². The lowest BCUT2D eigenvalue weighted by atomic mass is 10.0. The smallest absolute Gasteiger partial charge is 0.352 e. The maximum absolute atomic E-state index is 13.5. The molecule has 0 aromatic carbocycles. The number of nitrogens with zero attached hydrogens (tertiary/aromatic N) is 3. The van der Waals surface area contributed by atoms with E-state index in [0.29, 0.717) is 24.8 Å². The highest BCUT2D eigenvalue weighted by Gasteiger charge is 2.41. The number of alkyl halides is 3. The van der Waals surface area contributed by atoms with E-state index < -0.39 is 17.8 Å². The zero-order chi connectivity index (χ0) is 19.5. The molecule has 1 saturated heterocycles. The van der Waals surface area contributed by atoms with Crippen molar-refractivity contribution < 1.29 is 18.0 Å². The van der Waals surface area contributed by atoms with Gasteiger partial charge in [0.1, 0.15) is 0 Å². The first-order valence-corrected chi connectivity index (χ1v) is 9.35. The molecule has 1 aliphatic heterocycles. The van der Waals surface area contributed by atoms with E-state index in [-0.39, 0.29) is 11.6 Å². The summed E-state index contributed by atoms with van der Waals surface area (Å²) in [6.07, 6.45) is -1.40. The Bertz CT molecular complexity index is 625. The number of halogens is 3. The molecule has 1 aromatic rings. The lowest BCUT2D eigenvalue weighted by Gasteiger charge is -2.35. The van der Waals surface area contributed by atoms with Crippen LogP contribution in [-0.4, -0.2) is 46.3 Å². The minimum atomic E-state index is -4.65. The number of unbranched alkanes of at least 4 members (excludes halogenated alkanes) is 1. The highest BCUT2D eigenvalue weighted by molar-refractivity contribution is 5.96. The molecule has 1 N–H and O–H groups in total. The molecule has 1 aliphatic rings. The Morgan fingerprint density at radius 2 is 2.08 bits per heavy atom. The van der Waals surface area contributed by atoms with Gasteiger partial charge in [-0.3, -0.25) is 14.4 Å². The second-order valence-corrected chi connectivity index (χ2v) is 7.25. The van der Waals surface area contributed by atoms with Gasteiger partial charge in [0, 0.05) is 24.8 Å². The minimum absolute atomic E-state index is 0.149. The number of rotatable bonds is 6. The summed E-state index contributed by atoms with van der Waals surface area (Å²) in [5.74, 6) is -0.689. The van der Waals surface area contributed by atoms with Gasteiger partial charge in [-0.1, -0.05) is 13.3 Å². The number of hydrogen-bond donors (Lipinski definition) is 1. The highest BCUT2D eigenvalue weighted by atomic mass is 19.4. The summed E-state index contributed by atoms with van der Waals surface area (Å²) in [5, 5.41) is 6.45. The number of aromatic nitrogens is 2. The lowest BCUT2D eigenvalue weighted by Crippen LogP contribution is -2.41. The van der Waals surface area contributed by atoms with Crippen molar-refractivity contribution in [2.75, 3.05) is 19.6 Å². The van der Waals surface area contributed by atoms with E-state index in [4.69, 9.17) is 0 Å². The Balaban J connectivity index is 2.35. The van der Waals surface area contributed by atoms with Crippen molar-refractivity contribution in [1.29, 1.82) is 0 Å². The normalized spacial score (nSPS) is 19.2. The van der Waals surface area contributed by atoms with Crippen molar-refractivity contribution in [3.8, 4) is 0 Å². The van der Waals surface area contributed by atoms with Gasteiger partial charge >= 0.3 is 6.18 Å². The molecular formula is C18H29F3N4O. The molecule has 0 spiro atoms. The zero-order valence-electron chi connectivity index (χ0n) is 16.0. The first kappa shape index (κ1) is 20.7. The number of piperidine rings is 1. The molecule has 2 heterocycles. The SMILES string of the molecule is CCCCNC(=O)c1c(C(F)(F)F)nn([C@H]2CCCN(C(C)C)C2)c1C. The fraction of sp³-hybridized carbons (Fsp3) is 0.778. The van der Waals surface area contributed by atoms with Crippen molar-refractivity contribution in [2.45, 2.75) is 71.6 Å². The van der Waals surface area contributed by atoms with Gasteiger partial charge in [-0.05, 0) is 46.6 Å². The summed E-state index contributed by atoms with van der Waals surface area (Å²) in [4.78, 5) is 14.6. The Labute approximate surface area is 152 Å². The summed E-state index contributed by atoms with van der Waals surface area (Å²) in [7, 11) is 0. The molecule has 148 valence electrons. The standard InChI is InChI=1S/C18H29F3N4O/c1-5-6-9-22-17(26)15-13(4)25(23-16(15)18(19,20)21)14-8-7-10-24(11-14)12(2)3/h12,14H,5-11H2,1-4H3,(H,22,26)/t14-/m0/s1. The van der Waals surface area contributed by atoms with Gasteiger partial charge in [-0.25, -0.2) is 0 Å². The molecule has 26 heavy (non-hydrogen) atoms. The third kappa shape index (κ3) is 4.58. The van der Waals surface area contributed by atoms with E-state index in [1.165, 1.54) is 4.68 Å². The number of nitrogens with one attached hydrogen (secondary N) is 1. The van der Waals surface area contributed by atoms with Crippen LogP contribution in [0.5, 0.6) is 0 Å². The molecule has 8 heteroatoms. The fourth-order valence-electron chi connectivity index (χ4n) is 3.46. The molecule has 0 saturated carbocycles. The molecule has 0 aliphatic carbocycles. The van der Waals surface area contributed by atoms with Crippen LogP contribution in [0.25, 0.3) is 0 Å². The van der Waals surface area contributed by atoms with Crippen LogP contribution < -0.4 is 5.32 Å². The van der Waals surface area contributed by atoms with E-state index in [2.05, 4.69) is 29.2 Å². The molecule has 0 bridgehead atoms. The molecule has 1 fully saturated rings. The van der Waals surface area contributed by atoms with Gasteiger partial charge in [0.15, 0.2) is 5.69 Å². The average molecular weight is 374 g/mol. The van der Waals surface area contributed by atoms with Crippen LogP contribution in [0.1, 0.15) is 74.2 Å². The molecule has 0 unspecified atom stereocenters. The lowest BCUT2D eigenvalue weighted by molar-refractivity contribution is -0.142. The summed E-state index contributed by atoms with van der Waals surface area (Å²) in [6.45, 7) is 9.62. The average Bonchev–Trinajstić information content (AvgIpc) is 2.93. The zero-order valence-corrected chi connectivity index (χ0v) is 16.0. The van der Waals surface area contributed by atoms with Gasteiger partial charge in [0.05, 0.1) is 11.6 Å². The predicted octanol–water partition coefficient (Wildman–Crippen LogP) is 3.79. The van der Waals surface area contributed by atoms with Crippen molar-refractivity contribution in [1.82, 2.24) is 20.0 Å². The highest BCUT2D eigenvalue weighted by Crippen LogP contribution is 2.35. The number of hydrogen-bond acceptors (Lipinski definition) is 3. The predicted molar refractivity (Wildman–Crippen MR) is 94.2 cm³/mol. The van der Waals surface area contributed by atoms with Crippen LogP contribution in [0.15, 0.2) is 0 Å². The maximum Gasteiger partial charge on any atom is 0.435 e. The monoisotopic (exact) mass is 374 g/mol. The minimum Gasteiger partial charge on any atom is -0.352 e. The first-order chi connectivity index (χ1) is 12.2. The van der Waals surface area contributed by atoms with E-state index in [0.717, 1.165) is 32.2 Å². The first-order valence-electron chi connectivity index (χ1n) is 9.35. The van der Waals surface area contributed by atoms with Crippen molar-refractivity contribution in [3.63, 3.8) is 0 Å². The van der Waals surface area contributed by atoms with Crippen LogP contribution in [0.4, 0.5) is 13.2 Å². The second kappa shape index (κ2) is 8.41. The molecule has 1 atom stereocenters. The van der Waals surface area contributed by atoms with E-state index >= 15 is 0 Å². The van der Waals surface area contributed by atoms with Crippen LogP contribution in [0.2, 0.25) is 0 Å². The van der Waals surface area contributed by atoms with Crippen LogP contribution >= 0.6 is 0 Å². The number of amides is 1. The van der Waals surface area contributed by atoms with Gasteiger partial charge in [0.2, 0.25) is 0 Å². The van der Waals surface area contributed by atoms with E-state index in [9.17, 15) is 18.0 Å². The van der Waals surface area contributed by atoms with Gasteiger partial charge in [0.25, 0.3) is 5.91 Å². The van der Waals surface area contributed by atoms with Crippen molar-refractivity contribution in [2.24, 2.45) is 0 Å². The maximum atomic E-state index is 13.5. The number of carbonyl (C=O) groups is 1. The fourth-order valence-corrected chi connectivity index (χ4v) is 3.46. The molecular weight excluding hydrogens is 345 g/mol. The summed E-state index contributed by atoms with van der Waals surface area (Å²) < 4.78 is 41.9. The topological polar surface area (TPSA) is 50.2 Å². The van der Waals surface area contributed by atoms with Gasteiger partial charge in [-0.2, -0.15) is 18.3 Å². The van der Waals surface area contributed by atoms with Gasteiger partial charge < -0.3 is 5.32 Å². The summed E-state index contributed by atoms with van der Waals surface area (Å²) >= 11 is 0. The molecule has 0 radical (unpaired) electrons. The third-order valence-electron chi connectivity index (χ3n) is 4.97. The number of likely N-dealkylation sites (tertiary alicyclic amines) is 1. The summed E-state index contributed by atoms with van der Waals surface area (Å²) in [6, 6.07) is 0.178. The molecule has 5 nitrogen and oxygen atoms in total. The summed E-state index contributed by atoms with van der Waals surface area (Å²) in [5.41, 5.74) is -1.12. The van der Waals surface area contributed by atoms with Gasteiger partial charge in [-0.15, -0.1) is 0 Å². The Hall–Kier alpha value is -1.57. The molecule has 2 rings (SSSR count).